The minimum Gasteiger partial charge on any atom is -0.309 e. The molecular formula is C12H15F2NS. The first-order valence-corrected chi connectivity index (χ1v) is 6.60. The van der Waals surface area contributed by atoms with Crippen LogP contribution in [0.5, 0.6) is 0 Å². The first kappa shape index (κ1) is 11.9. The lowest BCUT2D eigenvalue weighted by Crippen LogP contribution is -2.23. The van der Waals surface area contributed by atoms with E-state index in [4.69, 9.17) is 0 Å². The van der Waals surface area contributed by atoms with Crippen molar-refractivity contribution in [1.29, 1.82) is 0 Å². The Morgan fingerprint density at radius 1 is 1.31 bits per heavy atom. The topological polar surface area (TPSA) is 12.0 Å². The summed E-state index contributed by atoms with van der Waals surface area (Å²) in [4.78, 5) is 0. The third-order valence-electron chi connectivity index (χ3n) is 2.79. The number of thioether (sulfide) groups is 1. The van der Waals surface area contributed by atoms with E-state index in [0.717, 1.165) is 24.5 Å². The lowest BCUT2D eigenvalue weighted by Gasteiger charge is -2.17. The molecular weight excluding hydrogens is 228 g/mol. The van der Waals surface area contributed by atoms with Crippen LogP contribution in [0, 0.1) is 18.6 Å². The molecule has 1 atom stereocenters. The molecule has 1 saturated heterocycles. The van der Waals surface area contributed by atoms with E-state index in [0.29, 0.717) is 11.1 Å². The molecule has 1 heterocycles. The first-order chi connectivity index (χ1) is 7.68. The third kappa shape index (κ3) is 2.55. The molecule has 1 N–H and O–H groups in total. The van der Waals surface area contributed by atoms with E-state index < -0.39 is 0 Å². The van der Waals surface area contributed by atoms with Gasteiger partial charge in [-0.05, 0) is 43.3 Å². The van der Waals surface area contributed by atoms with Crippen LogP contribution < -0.4 is 5.32 Å². The molecule has 0 radical (unpaired) electrons. The van der Waals surface area contributed by atoms with E-state index >= 15 is 0 Å². The Kier molecular flexibility index (Phi) is 3.82. The Morgan fingerprint density at radius 2 is 2.12 bits per heavy atom. The molecule has 16 heavy (non-hydrogen) atoms. The molecule has 1 aliphatic heterocycles. The second-order valence-corrected chi connectivity index (χ2v) is 5.21. The van der Waals surface area contributed by atoms with Crippen molar-refractivity contribution in [1.82, 2.24) is 5.32 Å². The Morgan fingerprint density at radius 3 is 2.94 bits per heavy atom. The van der Waals surface area contributed by atoms with Crippen LogP contribution in [-0.2, 0) is 0 Å². The smallest absolute Gasteiger partial charge is 0.128 e. The van der Waals surface area contributed by atoms with Gasteiger partial charge in [0.05, 0.1) is 0 Å². The van der Waals surface area contributed by atoms with E-state index in [-0.39, 0.29) is 17.7 Å². The maximum absolute atomic E-state index is 13.7. The fourth-order valence-electron chi connectivity index (χ4n) is 1.84. The second-order valence-electron chi connectivity index (χ2n) is 4.06. The lowest BCUT2D eigenvalue weighted by molar-refractivity contribution is 0.525. The van der Waals surface area contributed by atoms with E-state index in [1.807, 2.05) is 0 Å². The fraction of sp³-hybridized carbons (Fsp3) is 0.500. The highest BCUT2D eigenvalue weighted by molar-refractivity contribution is 7.99. The van der Waals surface area contributed by atoms with Crippen molar-refractivity contribution in [2.24, 2.45) is 0 Å². The maximum Gasteiger partial charge on any atom is 0.128 e. The normalized spacial score (nSPS) is 21.8. The highest BCUT2D eigenvalue weighted by atomic mass is 32.2. The SMILES string of the molecule is Cc1cc(F)c(C2CSCCCN2)cc1F. The summed E-state index contributed by atoms with van der Waals surface area (Å²) in [7, 11) is 0. The summed E-state index contributed by atoms with van der Waals surface area (Å²) in [5.74, 6) is 1.25. The van der Waals surface area contributed by atoms with Crippen molar-refractivity contribution in [2.45, 2.75) is 19.4 Å². The molecule has 88 valence electrons. The van der Waals surface area contributed by atoms with Gasteiger partial charge < -0.3 is 5.32 Å². The van der Waals surface area contributed by atoms with Crippen LogP contribution in [0.3, 0.4) is 0 Å². The third-order valence-corrected chi connectivity index (χ3v) is 3.94. The molecule has 0 bridgehead atoms. The molecule has 0 amide bonds. The minimum absolute atomic E-state index is 0.0670. The van der Waals surface area contributed by atoms with E-state index in [1.165, 1.54) is 12.1 Å². The molecule has 1 nitrogen and oxygen atoms in total. The van der Waals surface area contributed by atoms with Gasteiger partial charge in [-0.1, -0.05) is 0 Å². The molecule has 0 spiro atoms. The Labute approximate surface area is 98.6 Å². The maximum atomic E-state index is 13.7. The monoisotopic (exact) mass is 243 g/mol. The zero-order valence-corrected chi connectivity index (χ0v) is 10.0. The van der Waals surface area contributed by atoms with E-state index in [1.54, 1.807) is 18.7 Å². The van der Waals surface area contributed by atoms with Crippen molar-refractivity contribution >= 4 is 11.8 Å². The average molecular weight is 243 g/mol. The molecule has 1 unspecified atom stereocenters. The van der Waals surface area contributed by atoms with Crippen LogP contribution in [0.25, 0.3) is 0 Å². The standard InChI is InChI=1S/C12H15F2NS/c1-8-5-11(14)9(6-10(8)13)12-7-16-4-2-3-15-12/h5-6,12,15H,2-4,7H2,1H3. The lowest BCUT2D eigenvalue weighted by atomic mass is 10.0. The van der Waals surface area contributed by atoms with E-state index in [2.05, 4.69) is 5.32 Å². The molecule has 1 aromatic rings. The summed E-state index contributed by atoms with van der Waals surface area (Å²) < 4.78 is 27.1. The predicted octanol–water partition coefficient (Wildman–Crippen LogP) is 3.04. The highest BCUT2D eigenvalue weighted by Crippen LogP contribution is 2.25. The summed E-state index contributed by atoms with van der Waals surface area (Å²) in [6.45, 7) is 2.45. The Balaban J connectivity index is 2.27. The van der Waals surface area contributed by atoms with Gasteiger partial charge in [0.25, 0.3) is 0 Å². The fourth-order valence-corrected chi connectivity index (χ4v) is 2.89. The molecule has 0 aromatic heterocycles. The van der Waals surface area contributed by atoms with Crippen LogP contribution in [0.2, 0.25) is 0 Å². The molecule has 0 aliphatic carbocycles. The van der Waals surface area contributed by atoms with E-state index in [9.17, 15) is 8.78 Å². The van der Waals surface area contributed by atoms with Crippen LogP contribution in [0.4, 0.5) is 8.78 Å². The summed E-state index contributed by atoms with van der Waals surface area (Å²) in [6.07, 6.45) is 1.08. The number of benzene rings is 1. The number of aryl methyl sites for hydroxylation is 1. The number of hydrogen-bond acceptors (Lipinski definition) is 2. The molecule has 4 heteroatoms. The molecule has 1 aliphatic rings. The van der Waals surface area contributed by atoms with Crippen LogP contribution in [0.1, 0.15) is 23.6 Å². The van der Waals surface area contributed by atoms with Gasteiger partial charge in [-0.3, -0.25) is 0 Å². The molecule has 1 fully saturated rings. The zero-order chi connectivity index (χ0) is 11.5. The van der Waals surface area contributed by atoms with Gasteiger partial charge in [0.15, 0.2) is 0 Å². The largest absolute Gasteiger partial charge is 0.309 e. The molecule has 0 saturated carbocycles. The summed E-state index contributed by atoms with van der Waals surface area (Å²) >= 11 is 1.79. The van der Waals surface area contributed by atoms with Gasteiger partial charge >= 0.3 is 0 Å². The summed E-state index contributed by atoms with van der Waals surface area (Å²) in [5, 5.41) is 3.26. The van der Waals surface area contributed by atoms with Crippen molar-refractivity contribution < 1.29 is 8.78 Å². The number of hydrogen-bond donors (Lipinski definition) is 1. The first-order valence-electron chi connectivity index (χ1n) is 5.45. The van der Waals surface area contributed by atoms with Gasteiger partial charge in [0, 0.05) is 17.4 Å². The predicted molar refractivity (Wildman–Crippen MR) is 63.8 cm³/mol. The van der Waals surface area contributed by atoms with Crippen molar-refractivity contribution in [3.63, 3.8) is 0 Å². The van der Waals surface area contributed by atoms with Crippen LogP contribution >= 0.6 is 11.8 Å². The zero-order valence-electron chi connectivity index (χ0n) is 9.22. The summed E-state index contributed by atoms with van der Waals surface area (Å²) in [6, 6.07) is 2.54. The number of halogens is 2. The Bertz CT molecular complexity index is 374. The van der Waals surface area contributed by atoms with Crippen LogP contribution in [0.15, 0.2) is 12.1 Å². The second kappa shape index (κ2) is 5.15. The molecule has 1 aromatic carbocycles. The summed E-state index contributed by atoms with van der Waals surface area (Å²) in [5.41, 5.74) is 0.819. The quantitative estimate of drug-likeness (QED) is 0.813. The van der Waals surface area contributed by atoms with Gasteiger partial charge in [0.1, 0.15) is 11.6 Å². The Hall–Kier alpha value is -0.610. The van der Waals surface area contributed by atoms with Crippen molar-refractivity contribution in [3.05, 3.63) is 34.9 Å². The average Bonchev–Trinajstić information content (AvgIpc) is 2.52. The van der Waals surface area contributed by atoms with Crippen molar-refractivity contribution in [3.8, 4) is 0 Å². The highest BCUT2D eigenvalue weighted by Gasteiger charge is 2.19. The van der Waals surface area contributed by atoms with Gasteiger partial charge in [-0.25, -0.2) is 8.78 Å². The van der Waals surface area contributed by atoms with Crippen molar-refractivity contribution in [2.75, 3.05) is 18.1 Å². The minimum atomic E-state index is -0.326. The number of rotatable bonds is 1. The van der Waals surface area contributed by atoms with Gasteiger partial charge in [0.2, 0.25) is 0 Å². The van der Waals surface area contributed by atoms with Crippen LogP contribution in [-0.4, -0.2) is 18.1 Å². The number of nitrogens with one attached hydrogen (secondary N) is 1. The van der Waals surface area contributed by atoms with Gasteiger partial charge in [-0.15, -0.1) is 0 Å². The molecule has 2 rings (SSSR count). The van der Waals surface area contributed by atoms with Gasteiger partial charge in [-0.2, -0.15) is 11.8 Å².